The van der Waals surface area contributed by atoms with Crippen molar-refractivity contribution in [3.05, 3.63) is 64.1 Å². The Morgan fingerprint density at radius 3 is 2.75 bits per heavy atom. The molecule has 144 valence electrons. The van der Waals surface area contributed by atoms with Gasteiger partial charge in [0.25, 0.3) is 11.5 Å². The topological polar surface area (TPSA) is 87.5 Å². The van der Waals surface area contributed by atoms with Crippen LogP contribution in [-0.4, -0.2) is 33.7 Å². The Hall–Kier alpha value is -3.35. The van der Waals surface area contributed by atoms with Crippen LogP contribution in [0.4, 0.5) is 5.82 Å². The molecule has 0 spiro atoms. The zero-order valence-electron chi connectivity index (χ0n) is 15.7. The van der Waals surface area contributed by atoms with Gasteiger partial charge in [-0.15, -0.1) is 0 Å². The molecule has 2 aromatic heterocycles. The van der Waals surface area contributed by atoms with Gasteiger partial charge in [-0.25, -0.2) is 4.98 Å². The van der Waals surface area contributed by atoms with E-state index in [-0.39, 0.29) is 12.1 Å². The molecule has 1 fully saturated rings. The molecule has 0 radical (unpaired) electrons. The number of carbonyl (C=O) groups excluding carboxylic acids is 1. The van der Waals surface area contributed by atoms with Gasteiger partial charge >= 0.3 is 0 Å². The third kappa shape index (κ3) is 3.19. The Kier molecular flexibility index (Phi) is 4.73. The largest absolute Gasteiger partial charge is 0.502 e. The molecule has 1 aliphatic rings. The number of hydrogen-bond donors (Lipinski definition) is 2. The molecule has 0 aliphatic carbocycles. The average Bonchev–Trinajstić information content (AvgIpc) is 3.26. The maximum absolute atomic E-state index is 12.8. The minimum absolute atomic E-state index is 0.00697. The lowest BCUT2D eigenvalue weighted by atomic mass is 10.1. The van der Waals surface area contributed by atoms with Crippen molar-refractivity contribution in [2.24, 2.45) is 7.05 Å². The number of pyridine rings is 2. The SMILES string of the molecule is Cn1c(=O)c(O)c(C(=O)NCc2ccnc(N3CCCC3)c2)c2ccccc21. The summed E-state index contributed by atoms with van der Waals surface area (Å²) in [7, 11) is 1.57. The number of aromatic nitrogens is 2. The first-order valence-corrected chi connectivity index (χ1v) is 9.35. The summed E-state index contributed by atoms with van der Waals surface area (Å²) >= 11 is 0. The fourth-order valence-electron chi connectivity index (χ4n) is 3.67. The molecule has 3 heterocycles. The van der Waals surface area contributed by atoms with E-state index < -0.39 is 17.2 Å². The van der Waals surface area contributed by atoms with Crippen molar-refractivity contribution in [3.63, 3.8) is 0 Å². The molecule has 3 aromatic rings. The Morgan fingerprint density at radius 2 is 1.96 bits per heavy atom. The molecular weight excluding hydrogens is 356 g/mol. The van der Waals surface area contributed by atoms with Crippen molar-refractivity contribution in [1.82, 2.24) is 14.9 Å². The highest BCUT2D eigenvalue weighted by atomic mass is 16.3. The molecule has 7 heteroatoms. The van der Waals surface area contributed by atoms with E-state index in [0.717, 1.165) is 37.3 Å². The number of nitrogens with one attached hydrogen (secondary N) is 1. The van der Waals surface area contributed by atoms with Gasteiger partial charge in [0, 0.05) is 38.3 Å². The van der Waals surface area contributed by atoms with Crippen LogP contribution >= 0.6 is 0 Å². The maximum Gasteiger partial charge on any atom is 0.293 e. The maximum atomic E-state index is 12.8. The minimum Gasteiger partial charge on any atom is -0.502 e. The third-order valence-corrected chi connectivity index (χ3v) is 5.20. The van der Waals surface area contributed by atoms with E-state index in [2.05, 4.69) is 15.2 Å². The van der Waals surface area contributed by atoms with Gasteiger partial charge in [0.05, 0.1) is 11.1 Å². The summed E-state index contributed by atoms with van der Waals surface area (Å²) in [4.78, 5) is 31.7. The lowest BCUT2D eigenvalue weighted by Gasteiger charge is -2.17. The molecule has 1 saturated heterocycles. The number of hydrogen-bond acceptors (Lipinski definition) is 5. The summed E-state index contributed by atoms with van der Waals surface area (Å²) < 4.78 is 1.34. The van der Waals surface area contributed by atoms with E-state index in [4.69, 9.17) is 0 Å². The second kappa shape index (κ2) is 7.34. The fraction of sp³-hybridized carbons (Fsp3) is 0.286. The molecule has 0 atom stereocenters. The van der Waals surface area contributed by atoms with Gasteiger partial charge in [0.1, 0.15) is 5.82 Å². The normalized spacial score (nSPS) is 13.8. The summed E-state index contributed by atoms with van der Waals surface area (Å²) in [5.41, 5.74) is 0.921. The van der Waals surface area contributed by atoms with Crippen LogP contribution in [0.3, 0.4) is 0 Å². The highest BCUT2D eigenvalue weighted by Gasteiger charge is 2.20. The molecule has 28 heavy (non-hydrogen) atoms. The molecule has 4 rings (SSSR count). The summed E-state index contributed by atoms with van der Waals surface area (Å²) in [5, 5.41) is 13.7. The number of amides is 1. The second-order valence-electron chi connectivity index (χ2n) is 7.00. The smallest absolute Gasteiger partial charge is 0.293 e. The Labute approximate surface area is 162 Å². The first-order chi connectivity index (χ1) is 13.6. The molecular formula is C21H22N4O3. The highest BCUT2D eigenvalue weighted by Crippen LogP contribution is 2.24. The summed E-state index contributed by atoms with van der Waals surface area (Å²) in [5.74, 6) is -0.108. The predicted octanol–water partition coefficient (Wildman–Crippen LogP) is 2.17. The van der Waals surface area contributed by atoms with Crippen LogP contribution in [0.25, 0.3) is 10.9 Å². The van der Waals surface area contributed by atoms with E-state index in [9.17, 15) is 14.7 Å². The number of aryl methyl sites for hydroxylation is 1. The number of anilines is 1. The van der Waals surface area contributed by atoms with Crippen molar-refractivity contribution in [1.29, 1.82) is 0 Å². The van der Waals surface area contributed by atoms with Crippen molar-refractivity contribution >= 4 is 22.6 Å². The van der Waals surface area contributed by atoms with Crippen LogP contribution in [0.2, 0.25) is 0 Å². The van der Waals surface area contributed by atoms with Crippen LogP contribution in [0, 0.1) is 0 Å². The highest BCUT2D eigenvalue weighted by molar-refractivity contribution is 6.08. The number of aromatic hydroxyl groups is 1. The number of nitrogens with zero attached hydrogens (tertiary/aromatic N) is 3. The van der Waals surface area contributed by atoms with Gasteiger partial charge in [0.15, 0.2) is 5.75 Å². The second-order valence-corrected chi connectivity index (χ2v) is 7.00. The zero-order valence-corrected chi connectivity index (χ0v) is 15.7. The summed E-state index contributed by atoms with van der Waals surface area (Å²) in [6.45, 7) is 2.27. The lowest BCUT2D eigenvalue weighted by Crippen LogP contribution is -2.27. The Morgan fingerprint density at radius 1 is 1.21 bits per heavy atom. The van der Waals surface area contributed by atoms with Gasteiger partial charge in [0.2, 0.25) is 0 Å². The predicted molar refractivity (Wildman–Crippen MR) is 108 cm³/mol. The Bertz CT molecular complexity index is 1100. The van der Waals surface area contributed by atoms with Crippen LogP contribution in [0.15, 0.2) is 47.4 Å². The van der Waals surface area contributed by atoms with Crippen LogP contribution in [0.1, 0.15) is 28.8 Å². The van der Waals surface area contributed by atoms with Crippen molar-refractivity contribution in [3.8, 4) is 5.75 Å². The monoisotopic (exact) mass is 378 g/mol. The first-order valence-electron chi connectivity index (χ1n) is 9.35. The quantitative estimate of drug-likeness (QED) is 0.727. The fourth-order valence-corrected chi connectivity index (χ4v) is 3.67. The van der Waals surface area contributed by atoms with Gasteiger partial charge < -0.3 is 19.9 Å². The number of rotatable bonds is 4. The molecule has 0 bridgehead atoms. The number of carbonyl (C=O) groups is 1. The molecule has 0 saturated carbocycles. The number of para-hydroxylation sites is 1. The molecule has 0 unspecified atom stereocenters. The molecule has 7 nitrogen and oxygen atoms in total. The van der Waals surface area contributed by atoms with Gasteiger partial charge in [-0.1, -0.05) is 18.2 Å². The van der Waals surface area contributed by atoms with E-state index in [0.29, 0.717) is 10.9 Å². The number of benzene rings is 1. The Balaban J connectivity index is 1.60. The van der Waals surface area contributed by atoms with Crippen molar-refractivity contribution in [2.75, 3.05) is 18.0 Å². The van der Waals surface area contributed by atoms with Crippen LogP contribution in [-0.2, 0) is 13.6 Å². The van der Waals surface area contributed by atoms with Crippen LogP contribution < -0.4 is 15.8 Å². The standard InChI is InChI=1S/C21H22N4O3/c1-24-16-7-3-2-6-15(16)18(19(26)21(24)28)20(27)23-13-14-8-9-22-17(12-14)25-10-4-5-11-25/h2-3,6-9,12,26H,4-5,10-11,13H2,1H3,(H,23,27). The van der Waals surface area contributed by atoms with Gasteiger partial charge in [-0.3, -0.25) is 9.59 Å². The van der Waals surface area contributed by atoms with Crippen molar-refractivity contribution in [2.45, 2.75) is 19.4 Å². The lowest BCUT2D eigenvalue weighted by molar-refractivity contribution is 0.0949. The van der Waals surface area contributed by atoms with E-state index in [1.54, 1.807) is 37.5 Å². The molecule has 1 amide bonds. The molecule has 2 N–H and O–H groups in total. The average molecular weight is 378 g/mol. The zero-order chi connectivity index (χ0) is 19.7. The van der Waals surface area contributed by atoms with Gasteiger partial charge in [-0.05, 0) is 36.6 Å². The number of fused-ring (bicyclic) bond motifs is 1. The molecule has 1 aliphatic heterocycles. The summed E-state index contributed by atoms with van der Waals surface area (Å²) in [6, 6.07) is 10.8. The minimum atomic E-state index is -0.593. The van der Waals surface area contributed by atoms with Crippen LogP contribution in [0.5, 0.6) is 5.75 Å². The van der Waals surface area contributed by atoms with Crippen molar-refractivity contribution < 1.29 is 9.90 Å². The van der Waals surface area contributed by atoms with E-state index >= 15 is 0 Å². The first kappa shape index (κ1) is 18.0. The summed E-state index contributed by atoms with van der Waals surface area (Å²) in [6.07, 6.45) is 4.07. The third-order valence-electron chi connectivity index (χ3n) is 5.20. The molecule has 1 aromatic carbocycles. The van der Waals surface area contributed by atoms with Gasteiger partial charge in [-0.2, -0.15) is 0 Å². The van der Waals surface area contributed by atoms with E-state index in [1.807, 2.05) is 12.1 Å². The van der Waals surface area contributed by atoms with E-state index in [1.165, 1.54) is 4.57 Å².